The highest BCUT2D eigenvalue weighted by molar-refractivity contribution is 7.22. The molecule has 1 N–H and O–H groups in total. The van der Waals surface area contributed by atoms with Crippen molar-refractivity contribution in [1.82, 2.24) is 20.1 Å². The Kier molecular flexibility index (Phi) is 5.56. The summed E-state index contributed by atoms with van der Waals surface area (Å²) in [6.45, 7) is 6.39. The molecule has 2 aromatic heterocycles. The zero-order valence-electron chi connectivity index (χ0n) is 19.8. The first-order valence-electron chi connectivity index (χ1n) is 11.9. The van der Waals surface area contributed by atoms with Gasteiger partial charge in [0.25, 0.3) is 0 Å². The summed E-state index contributed by atoms with van der Waals surface area (Å²) in [6, 6.07) is 14.1. The maximum absolute atomic E-state index is 13.0. The van der Waals surface area contributed by atoms with Gasteiger partial charge in [0.15, 0.2) is 22.3 Å². The highest BCUT2D eigenvalue weighted by Gasteiger charge is 2.28. The van der Waals surface area contributed by atoms with Crippen molar-refractivity contribution in [3.05, 3.63) is 59.3 Å². The first-order chi connectivity index (χ1) is 17.0. The van der Waals surface area contributed by atoms with E-state index in [1.165, 1.54) is 5.56 Å². The van der Waals surface area contributed by atoms with Gasteiger partial charge in [-0.15, -0.1) is 0 Å². The third kappa shape index (κ3) is 4.20. The molecular formula is C26H27N5O3S. The van der Waals surface area contributed by atoms with Gasteiger partial charge < -0.3 is 19.7 Å². The van der Waals surface area contributed by atoms with Crippen LogP contribution in [-0.4, -0.2) is 40.6 Å². The Hall–Kier alpha value is -3.59. The first-order valence-corrected chi connectivity index (χ1v) is 12.7. The Bertz CT molecular complexity index is 1390. The van der Waals surface area contributed by atoms with E-state index in [0.29, 0.717) is 13.1 Å². The molecular weight excluding hydrogens is 462 g/mol. The molecule has 2 aliphatic rings. The number of carbonyl (C=O) groups excluding carboxylic acids is 1. The summed E-state index contributed by atoms with van der Waals surface area (Å²) < 4.78 is 13.8. The standard InChI is InChI=1S/C26H27N5O3S/c1-16-5-8-20(9-6-16)31-24-23(17(2)29-31)35-26(28-24)30-11-3-4-19(14-30)25(32)27-13-18-7-10-21-22(12-18)34-15-33-21/h5-10,12,19H,3-4,11,13-15H2,1-2H3,(H,27,32). The lowest BCUT2D eigenvalue weighted by Gasteiger charge is -2.31. The Balaban J connectivity index is 1.16. The minimum atomic E-state index is -0.0699. The van der Waals surface area contributed by atoms with E-state index in [-0.39, 0.29) is 18.6 Å². The Morgan fingerprint density at radius 3 is 2.83 bits per heavy atom. The average Bonchev–Trinajstić information content (AvgIpc) is 3.59. The number of benzene rings is 2. The van der Waals surface area contributed by atoms with Crippen LogP contribution in [-0.2, 0) is 11.3 Å². The molecule has 1 saturated heterocycles. The van der Waals surface area contributed by atoms with Crippen LogP contribution < -0.4 is 19.7 Å². The van der Waals surface area contributed by atoms with Crippen molar-refractivity contribution in [3.63, 3.8) is 0 Å². The van der Waals surface area contributed by atoms with Gasteiger partial charge in [-0.1, -0.05) is 35.1 Å². The molecule has 2 aromatic carbocycles. The molecule has 0 spiro atoms. The van der Waals surface area contributed by atoms with Gasteiger partial charge in [0.2, 0.25) is 12.7 Å². The number of ether oxygens (including phenoxy) is 2. The van der Waals surface area contributed by atoms with Gasteiger partial charge in [0, 0.05) is 19.6 Å². The number of hydrogen-bond donors (Lipinski definition) is 1. The fourth-order valence-corrected chi connectivity index (χ4v) is 5.70. The lowest BCUT2D eigenvalue weighted by Crippen LogP contribution is -2.43. The third-order valence-corrected chi connectivity index (χ3v) is 7.84. The summed E-state index contributed by atoms with van der Waals surface area (Å²) in [5.41, 5.74) is 5.06. The molecule has 1 fully saturated rings. The number of nitrogens with one attached hydrogen (secondary N) is 1. The van der Waals surface area contributed by atoms with Crippen LogP contribution in [0.4, 0.5) is 5.13 Å². The molecule has 0 radical (unpaired) electrons. The zero-order valence-corrected chi connectivity index (χ0v) is 20.6. The van der Waals surface area contributed by atoms with Gasteiger partial charge >= 0.3 is 0 Å². The number of anilines is 1. The minimum Gasteiger partial charge on any atom is -0.454 e. The number of aromatic nitrogens is 3. The van der Waals surface area contributed by atoms with E-state index in [9.17, 15) is 4.79 Å². The summed E-state index contributed by atoms with van der Waals surface area (Å²) in [6.07, 6.45) is 1.84. The molecule has 6 rings (SSSR count). The Morgan fingerprint density at radius 1 is 1.14 bits per heavy atom. The predicted molar refractivity (Wildman–Crippen MR) is 136 cm³/mol. The van der Waals surface area contributed by atoms with E-state index in [1.54, 1.807) is 11.3 Å². The van der Waals surface area contributed by atoms with Crippen LogP contribution in [0.15, 0.2) is 42.5 Å². The van der Waals surface area contributed by atoms with Crippen molar-refractivity contribution in [2.75, 3.05) is 24.8 Å². The molecule has 8 nitrogen and oxygen atoms in total. The van der Waals surface area contributed by atoms with E-state index < -0.39 is 0 Å². The zero-order chi connectivity index (χ0) is 23.9. The molecule has 9 heteroatoms. The lowest BCUT2D eigenvalue weighted by molar-refractivity contribution is -0.125. The number of nitrogens with zero attached hydrogens (tertiary/aromatic N) is 4. The molecule has 35 heavy (non-hydrogen) atoms. The molecule has 0 aliphatic carbocycles. The predicted octanol–water partition coefficient (Wildman–Crippen LogP) is 4.36. The quantitative estimate of drug-likeness (QED) is 0.449. The smallest absolute Gasteiger partial charge is 0.231 e. The second-order valence-electron chi connectivity index (χ2n) is 9.17. The summed E-state index contributed by atoms with van der Waals surface area (Å²) in [5, 5.41) is 8.78. The number of amides is 1. The number of thiazole rings is 1. The van der Waals surface area contributed by atoms with Crippen molar-refractivity contribution in [2.45, 2.75) is 33.2 Å². The minimum absolute atomic E-state index is 0.0699. The molecule has 0 saturated carbocycles. The SMILES string of the molecule is Cc1ccc(-n2nc(C)c3sc(N4CCCC(C(=O)NCc5ccc6c(c5)OCO6)C4)nc32)cc1. The number of fused-ring (bicyclic) bond motifs is 2. The largest absolute Gasteiger partial charge is 0.454 e. The van der Waals surface area contributed by atoms with Crippen molar-refractivity contribution >= 4 is 32.7 Å². The Labute approximate surface area is 207 Å². The third-order valence-electron chi connectivity index (χ3n) is 6.62. The number of piperidine rings is 1. The molecule has 4 aromatic rings. The van der Waals surface area contributed by atoms with Crippen LogP contribution in [0.3, 0.4) is 0 Å². The van der Waals surface area contributed by atoms with Gasteiger partial charge in [0.05, 0.1) is 22.0 Å². The van der Waals surface area contributed by atoms with Gasteiger partial charge in [-0.25, -0.2) is 4.68 Å². The van der Waals surface area contributed by atoms with Crippen molar-refractivity contribution in [3.8, 4) is 17.2 Å². The molecule has 2 aliphatic heterocycles. The summed E-state index contributed by atoms with van der Waals surface area (Å²) in [7, 11) is 0. The second kappa shape index (κ2) is 8.88. The highest BCUT2D eigenvalue weighted by Crippen LogP contribution is 2.35. The maximum Gasteiger partial charge on any atom is 0.231 e. The monoisotopic (exact) mass is 489 g/mol. The van der Waals surface area contributed by atoms with Crippen molar-refractivity contribution < 1.29 is 14.3 Å². The fourth-order valence-electron chi connectivity index (χ4n) is 4.67. The van der Waals surface area contributed by atoms with Crippen LogP contribution in [0, 0.1) is 19.8 Å². The second-order valence-corrected chi connectivity index (χ2v) is 10.2. The molecule has 4 heterocycles. The number of hydrogen-bond acceptors (Lipinski definition) is 7. The molecule has 1 amide bonds. The number of rotatable bonds is 5. The van der Waals surface area contributed by atoms with Gasteiger partial charge in [-0.3, -0.25) is 4.79 Å². The number of aryl methyl sites for hydroxylation is 2. The lowest BCUT2D eigenvalue weighted by atomic mass is 9.97. The van der Waals surface area contributed by atoms with Crippen LogP contribution in [0.1, 0.15) is 29.7 Å². The molecule has 1 atom stereocenters. The highest BCUT2D eigenvalue weighted by atomic mass is 32.1. The summed E-state index contributed by atoms with van der Waals surface area (Å²) >= 11 is 1.66. The van der Waals surface area contributed by atoms with Crippen LogP contribution in [0.5, 0.6) is 11.5 Å². The van der Waals surface area contributed by atoms with E-state index in [1.807, 2.05) is 29.8 Å². The van der Waals surface area contributed by atoms with Gasteiger partial charge in [-0.05, 0) is 56.5 Å². The van der Waals surface area contributed by atoms with Crippen LogP contribution >= 0.6 is 11.3 Å². The fraction of sp³-hybridized carbons (Fsp3) is 0.346. The summed E-state index contributed by atoms with van der Waals surface area (Å²) in [4.78, 5) is 20.2. The molecule has 180 valence electrons. The normalized spacial score (nSPS) is 17.2. The molecule has 1 unspecified atom stereocenters. The average molecular weight is 490 g/mol. The number of carbonyl (C=O) groups is 1. The van der Waals surface area contributed by atoms with Gasteiger partial charge in [0.1, 0.15) is 0 Å². The van der Waals surface area contributed by atoms with E-state index in [2.05, 4.69) is 41.4 Å². The summed E-state index contributed by atoms with van der Waals surface area (Å²) in [5.74, 6) is 1.49. The van der Waals surface area contributed by atoms with Crippen LogP contribution in [0.2, 0.25) is 0 Å². The Morgan fingerprint density at radius 2 is 1.97 bits per heavy atom. The van der Waals surface area contributed by atoms with E-state index in [0.717, 1.165) is 63.3 Å². The topological polar surface area (TPSA) is 81.5 Å². The van der Waals surface area contributed by atoms with E-state index in [4.69, 9.17) is 19.6 Å². The van der Waals surface area contributed by atoms with Crippen molar-refractivity contribution in [2.24, 2.45) is 5.92 Å². The van der Waals surface area contributed by atoms with Gasteiger partial charge in [-0.2, -0.15) is 10.1 Å². The van der Waals surface area contributed by atoms with Crippen molar-refractivity contribution in [1.29, 1.82) is 0 Å². The van der Waals surface area contributed by atoms with Crippen LogP contribution in [0.25, 0.3) is 16.0 Å². The maximum atomic E-state index is 13.0. The first kappa shape index (κ1) is 21.9. The molecule has 0 bridgehead atoms. The van der Waals surface area contributed by atoms with E-state index >= 15 is 0 Å².